The highest BCUT2D eigenvalue weighted by atomic mass is 14.2. The fourth-order valence-corrected chi connectivity index (χ4v) is 1.96. The quantitative estimate of drug-likeness (QED) is 0.737. The van der Waals surface area contributed by atoms with Crippen molar-refractivity contribution >= 4 is 0 Å². The van der Waals surface area contributed by atoms with Gasteiger partial charge < -0.3 is 0 Å². The Morgan fingerprint density at radius 3 is 2.53 bits per heavy atom. The van der Waals surface area contributed by atoms with E-state index in [0.29, 0.717) is 12.0 Å². The Labute approximate surface area is 118 Å². The van der Waals surface area contributed by atoms with Crippen LogP contribution in [0.25, 0.3) is 11.1 Å². The minimum atomic E-state index is -1.29. The smallest absolute Gasteiger partial charge is 0.0991 e. The summed E-state index contributed by atoms with van der Waals surface area (Å²) in [5.41, 5.74) is 3.34. The summed E-state index contributed by atoms with van der Waals surface area (Å²) in [6.45, 7) is 2.07. The van der Waals surface area contributed by atoms with E-state index < -0.39 is 6.37 Å². The maximum atomic E-state index is 8.83. The van der Waals surface area contributed by atoms with Crippen molar-refractivity contribution in [2.45, 2.75) is 32.6 Å². The van der Waals surface area contributed by atoms with E-state index >= 15 is 0 Å². The van der Waals surface area contributed by atoms with Crippen LogP contribution in [0.2, 0.25) is 0 Å². The summed E-state index contributed by atoms with van der Waals surface area (Å²) in [5, 5.41) is 8.83. The average Bonchev–Trinajstić information content (AvgIpc) is 2.53. The fraction of sp³-hybridized carbons (Fsp3) is 0.278. The van der Waals surface area contributed by atoms with Crippen molar-refractivity contribution in [2.75, 3.05) is 0 Å². The molecule has 0 aliphatic rings. The molecule has 0 unspecified atom stereocenters. The third-order valence-electron chi connectivity index (χ3n) is 3.07. The number of unbranched alkanes of at least 4 members (excludes halogenated alkanes) is 1. The summed E-state index contributed by atoms with van der Waals surface area (Å²) in [6.07, 6.45) is 1.13. The molecule has 19 heavy (non-hydrogen) atoms. The number of rotatable bonds is 5. The molecule has 1 heteroatoms. The zero-order valence-electron chi connectivity index (χ0n) is 13.2. The molecule has 2 rings (SSSR count). The lowest BCUT2D eigenvalue weighted by Crippen LogP contribution is -1.87. The second kappa shape index (κ2) is 6.75. The maximum Gasteiger partial charge on any atom is 0.0991 e. The van der Waals surface area contributed by atoms with Crippen LogP contribution in [-0.4, -0.2) is 0 Å². The summed E-state index contributed by atoms with van der Waals surface area (Å²) in [7, 11) is 0. The highest BCUT2D eigenvalue weighted by Crippen LogP contribution is 2.21. The Hall–Kier alpha value is -2.07. The Bertz CT molecular complexity index is 639. The molecule has 0 radical (unpaired) electrons. The maximum absolute atomic E-state index is 8.83. The largest absolute Gasteiger partial charge is 0.192 e. The van der Waals surface area contributed by atoms with Crippen LogP contribution in [-0.2, 0) is 6.37 Å². The normalized spacial score (nSPS) is 12.4. The fourth-order valence-electron chi connectivity index (χ4n) is 1.96. The number of hydrogen-bond donors (Lipinski definition) is 0. The molecule has 0 amide bonds. The van der Waals surface area contributed by atoms with Crippen molar-refractivity contribution in [1.29, 1.82) is 5.26 Å². The van der Waals surface area contributed by atoms with Crippen LogP contribution in [0, 0.1) is 11.3 Å². The molecule has 2 aromatic rings. The summed E-state index contributed by atoms with van der Waals surface area (Å²) in [6, 6.07) is 17.1. The van der Waals surface area contributed by atoms with E-state index in [4.69, 9.17) is 8.00 Å². The molecule has 0 heterocycles. The van der Waals surface area contributed by atoms with E-state index in [-0.39, 0.29) is 0 Å². The van der Waals surface area contributed by atoms with Gasteiger partial charge in [0.1, 0.15) is 0 Å². The molecule has 0 aliphatic heterocycles. The summed E-state index contributed by atoms with van der Waals surface area (Å²) in [4.78, 5) is 0. The molecule has 0 bridgehead atoms. The molecule has 0 saturated carbocycles. The van der Waals surface area contributed by atoms with Gasteiger partial charge in [-0.25, -0.2) is 0 Å². The third kappa shape index (κ3) is 3.69. The van der Waals surface area contributed by atoms with Crippen LogP contribution in [0.1, 0.15) is 40.1 Å². The first-order valence-electron chi connectivity index (χ1n) is 7.68. The van der Waals surface area contributed by atoms with Gasteiger partial charge in [-0.05, 0) is 41.6 Å². The Kier molecular flexibility index (Phi) is 3.84. The minimum absolute atomic E-state index is 0.542. The minimum Gasteiger partial charge on any atom is -0.192 e. The highest BCUT2D eigenvalue weighted by Gasteiger charge is 2.00. The van der Waals surface area contributed by atoms with Crippen molar-refractivity contribution in [3.63, 3.8) is 0 Å². The zero-order valence-corrected chi connectivity index (χ0v) is 11.2. The molecule has 0 aromatic heterocycles. The van der Waals surface area contributed by atoms with E-state index in [9.17, 15) is 0 Å². The van der Waals surface area contributed by atoms with Crippen molar-refractivity contribution < 1.29 is 2.74 Å². The van der Waals surface area contributed by atoms with E-state index in [0.717, 1.165) is 29.5 Å². The van der Waals surface area contributed by atoms with Gasteiger partial charge in [-0.2, -0.15) is 5.26 Å². The second-order valence-corrected chi connectivity index (χ2v) is 4.55. The molecule has 0 aliphatic carbocycles. The van der Waals surface area contributed by atoms with E-state index in [1.165, 1.54) is 0 Å². The molecule has 0 N–H and O–H groups in total. The van der Waals surface area contributed by atoms with Gasteiger partial charge in [0.05, 0.1) is 11.6 Å². The number of nitriles is 1. The lowest BCUT2D eigenvalue weighted by atomic mass is 9.99. The molecule has 0 spiro atoms. The van der Waals surface area contributed by atoms with Gasteiger partial charge in [0, 0.05) is 2.74 Å². The molecule has 0 saturated heterocycles. The van der Waals surface area contributed by atoms with Crippen molar-refractivity contribution in [1.82, 2.24) is 0 Å². The molecule has 2 aromatic carbocycles. The predicted molar refractivity (Wildman–Crippen MR) is 79.8 cm³/mol. The van der Waals surface area contributed by atoms with Gasteiger partial charge in [0.15, 0.2) is 0 Å². The van der Waals surface area contributed by atoms with Gasteiger partial charge in [-0.1, -0.05) is 56.2 Å². The van der Waals surface area contributed by atoms with Crippen LogP contribution in [0.4, 0.5) is 0 Å². The third-order valence-corrected chi connectivity index (χ3v) is 3.07. The number of aryl methyl sites for hydroxylation is 1. The second-order valence-electron chi connectivity index (χ2n) is 4.55. The van der Waals surface area contributed by atoms with Crippen LogP contribution >= 0.6 is 0 Å². The first-order chi connectivity index (χ1) is 10.1. The molecular weight excluding hydrogens is 230 g/mol. The Morgan fingerprint density at radius 1 is 1.05 bits per heavy atom. The van der Waals surface area contributed by atoms with E-state index in [2.05, 4.69) is 13.0 Å². The van der Waals surface area contributed by atoms with Crippen LogP contribution < -0.4 is 0 Å². The van der Waals surface area contributed by atoms with Crippen LogP contribution in [0.5, 0.6) is 0 Å². The van der Waals surface area contributed by atoms with Gasteiger partial charge >= 0.3 is 0 Å². The number of hydrogen-bond acceptors (Lipinski definition) is 1. The molecule has 96 valence electrons. The molecule has 1 nitrogen and oxygen atoms in total. The van der Waals surface area contributed by atoms with Crippen molar-refractivity contribution in [2.24, 2.45) is 0 Å². The van der Waals surface area contributed by atoms with Crippen LogP contribution in [0.15, 0.2) is 48.5 Å². The summed E-state index contributed by atoms with van der Waals surface area (Å²) >= 11 is 0. The number of benzene rings is 2. The van der Waals surface area contributed by atoms with Crippen molar-refractivity contribution in [3.05, 3.63) is 59.7 Å². The lowest BCUT2D eigenvalue weighted by Gasteiger charge is -2.05. The van der Waals surface area contributed by atoms with Gasteiger partial charge in [-0.3, -0.25) is 0 Å². The summed E-state index contributed by atoms with van der Waals surface area (Å²) in [5.74, 6) is 0. The topological polar surface area (TPSA) is 23.8 Å². The molecule has 0 fully saturated rings. The SMILES string of the molecule is [2H]C([2H])(CCCC)c1cccc(-c2ccc(C#N)cc2)c1. The van der Waals surface area contributed by atoms with E-state index in [1.807, 2.05) is 36.4 Å². The lowest BCUT2D eigenvalue weighted by molar-refractivity contribution is 0.717. The van der Waals surface area contributed by atoms with E-state index in [1.54, 1.807) is 12.1 Å². The molecule has 0 atom stereocenters. The van der Waals surface area contributed by atoms with Crippen molar-refractivity contribution in [3.8, 4) is 17.2 Å². The standard InChI is InChI=1S/C18H19N/c1-2-3-4-6-15-7-5-8-18(13-15)17-11-9-16(14-19)10-12-17/h5,7-13H,2-4,6H2,1H3/i6D2. The van der Waals surface area contributed by atoms with Gasteiger partial charge in [0.25, 0.3) is 0 Å². The summed E-state index contributed by atoms with van der Waals surface area (Å²) < 4.78 is 16.4. The first-order valence-corrected chi connectivity index (χ1v) is 6.68. The first kappa shape index (κ1) is 10.8. The van der Waals surface area contributed by atoms with Gasteiger partial charge in [0.2, 0.25) is 0 Å². The monoisotopic (exact) mass is 251 g/mol. The predicted octanol–water partition coefficient (Wildman–Crippen LogP) is 4.96. The average molecular weight is 251 g/mol. The van der Waals surface area contributed by atoms with Crippen LogP contribution in [0.3, 0.4) is 0 Å². The Morgan fingerprint density at radius 2 is 1.84 bits per heavy atom. The molecular formula is C18H19N. The number of nitrogens with zero attached hydrogens (tertiary/aromatic N) is 1. The highest BCUT2D eigenvalue weighted by molar-refractivity contribution is 5.64. The zero-order chi connectivity index (χ0) is 15.3. The Balaban J connectivity index is 2.30. The van der Waals surface area contributed by atoms with Gasteiger partial charge in [-0.15, -0.1) is 0 Å².